The molecule has 0 aromatic heterocycles. The van der Waals surface area contributed by atoms with E-state index in [1.807, 2.05) is 0 Å². The van der Waals surface area contributed by atoms with Crippen molar-refractivity contribution >= 4 is 30.1 Å². The first-order valence-electron chi connectivity index (χ1n) is 7.93. The minimum Gasteiger partial charge on any atom is -0.167 e. The maximum atomic E-state index is 6.96. The summed E-state index contributed by atoms with van der Waals surface area (Å²) in [5, 5.41) is 0. The van der Waals surface area contributed by atoms with Gasteiger partial charge in [-0.05, 0) is 24.6 Å². The first-order chi connectivity index (χ1) is 8.68. The number of alkyl halides is 1. The molecule has 0 saturated carbocycles. The van der Waals surface area contributed by atoms with Crippen LogP contribution in [-0.2, 0) is 0 Å². The van der Waals surface area contributed by atoms with E-state index in [1.165, 1.54) is 69.5 Å². The molecule has 0 unspecified atom stereocenters. The van der Waals surface area contributed by atoms with Crippen LogP contribution in [0.1, 0.15) is 71.6 Å². The van der Waals surface area contributed by atoms with Crippen LogP contribution in [0.2, 0.25) is 18.1 Å². The molecule has 0 bridgehead atoms. The van der Waals surface area contributed by atoms with Gasteiger partial charge in [-0.1, -0.05) is 65.2 Å². The molecule has 0 aromatic carbocycles. The molecule has 0 N–H and O–H groups in total. The van der Waals surface area contributed by atoms with E-state index < -0.39 is 7.38 Å². The molecule has 0 heterocycles. The van der Waals surface area contributed by atoms with Gasteiger partial charge in [-0.25, -0.2) is 0 Å². The summed E-state index contributed by atoms with van der Waals surface area (Å²) in [5.74, 6) is 0.783. The molecule has 0 amide bonds. The van der Waals surface area contributed by atoms with Gasteiger partial charge in [0.05, 0.1) is 0 Å². The standard InChI is InChI=1S/C15H32Cl2Si/c1-3-5-7-9-13-18(17,15-11-12-16)14-10-8-6-4-2/h3-15H2,1-2H3. The third-order valence-corrected chi connectivity index (χ3v) is 9.43. The molecular formula is C15H32Cl2Si. The fraction of sp³-hybridized carbons (Fsp3) is 1.00. The topological polar surface area (TPSA) is 0 Å². The van der Waals surface area contributed by atoms with Gasteiger partial charge in [0.25, 0.3) is 0 Å². The van der Waals surface area contributed by atoms with Gasteiger partial charge in [0, 0.05) is 5.88 Å². The molecule has 0 aliphatic heterocycles. The largest absolute Gasteiger partial charge is 0.167 e. The predicted octanol–water partition coefficient (Wildman–Crippen LogP) is 6.96. The maximum absolute atomic E-state index is 6.96. The lowest BCUT2D eigenvalue weighted by molar-refractivity contribution is 0.681. The average Bonchev–Trinajstić information content (AvgIpc) is 2.38. The lowest BCUT2D eigenvalue weighted by atomic mass is 10.2. The van der Waals surface area contributed by atoms with Gasteiger partial charge in [0.2, 0.25) is 0 Å². The quantitative estimate of drug-likeness (QED) is 0.149. The summed E-state index contributed by atoms with van der Waals surface area (Å²) in [6.45, 7) is 4.53. The zero-order valence-electron chi connectivity index (χ0n) is 12.4. The molecule has 0 fully saturated rings. The Kier molecular flexibility index (Phi) is 13.4. The number of halogens is 2. The summed E-state index contributed by atoms with van der Waals surface area (Å²) >= 11 is 12.8. The van der Waals surface area contributed by atoms with Crippen molar-refractivity contribution in [3.8, 4) is 0 Å². The van der Waals surface area contributed by atoms with Crippen molar-refractivity contribution in [3.05, 3.63) is 0 Å². The van der Waals surface area contributed by atoms with Crippen molar-refractivity contribution in [2.75, 3.05) is 5.88 Å². The number of hydrogen-bond acceptors (Lipinski definition) is 0. The molecule has 0 rings (SSSR count). The van der Waals surface area contributed by atoms with Gasteiger partial charge in [0.15, 0.2) is 7.38 Å². The summed E-state index contributed by atoms with van der Waals surface area (Å²) in [4.78, 5) is 0. The highest BCUT2D eigenvalue weighted by Gasteiger charge is 2.28. The zero-order valence-corrected chi connectivity index (χ0v) is 15.0. The molecule has 0 nitrogen and oxygen atoms in total. The van der Waals surface area contributed by atoms with Crippen LogP contribution in [0.15, 0.2) is 0 Å². The van der Waals surface area contributed by atoms with E-state index in [1.54, 1.807) is 0 Å². The molecule has 0 aromatic rings. The van der Waals surface area contributed by atoms with Crippen molar-refractivity contribution in [2.45, 2.75) is 89.8 Å². The smallest absolute Gasteiger partial charge is 0.156 e. The van der Waals surface area contributed by atoms with E-state index >= 15 is 0 Å². The van der Waals surface area contributed by atoms with Crippen LogP contribution in [0.4, 0.5) is 0 Å². The van der Waals surface area contributed by atoms with E-state index in [9.17, 15) is 0 Å². The highest BCUT2D eigenvalue weighted by Crippen LogP contribution is 2.32. The van der Waals surface area contributed by atoms with Crippen molar-refractivity contribution < 1.29 is 0 Å². The molecule has 0 radical (unpaired) electrons. The van der Waals surface area contributed by atoms with Crippen LogP contribution in [0.25, 0.3) is 0 Å². The first-order valence-corrected chi connectivity index (χ1v) is 12.1. The summed E-state index contributed by atoms with van der Waals surface area (Å²) < 4.78 is 0. The third-order valence-electron chi connectivity index (χ3n) is 3.72. The summed E-state index contributed by atoms with van der Waals surface area (Å²) in [6.07, 6.45) is 11.9. The molecule has 0 spiro atoms. The monoisotopic (exact) mass is 310 g/mol. The van der Waals surface area contributed by atoms with Gasteiger partial charge < -0.3 is 0 Å². The molecule has 0 saturated heterocycles. The summed E-state index contributed by atoms with van der Waals surface area (Å²) in [6, 6.07) is 3.87. The highest BCUT2D eigenvalue weighted by atomic mass is 35.6. The SMILES string of the molecule is CCCCCC[Si](Cl)(CCCCl)CCCCCC. The second-order valence-corrected chi connectivity index (χ2v) is 12.1. The Balaban J connectivity index is 3.90. The Labute approximate surface area is 126 Å². The van der Waals surface area contributed by atoms with Crippen LogP contribution >= 0.6 is 22.7 Å². The molecule has 0 aliphatic carbocycles. The minimum atomic E-state index is -1.48. The lowest BCUT2D eigenvalue weighted by Crippen LogP contribution is -2.26. The Morgan fingerprint density at radius 2 is 1.11 bits per heavy atom. The fourth-order valence-electron chi connectivity index (χ4n) is 2.50. The van der Waals surface area contributed by atoms with Crippen molar-refractivity contribution in [1.82, 2.24) is 0 Å². The van der Waals surface area contributed by atoms with Crippen molar-refractivity contribution in [1.29, 1.82) is 0 Å². The maximum Gasteiger partial charge on any atom is 0.156 e. The Bertz CT molecular complexity index is 162. The lowest BCUT2D eigenvalue weighted by Gasteiger charge is -2.24. The van der Waals surface area contributed by atoms with Gasteiger partial charge in [-0.2, -0.15) is 11.1 Å². The highest BCUT2D eigenvalue weighted by molar-refractivity contribution is 7.20. The Morgan fingerprint density at radius 1 is 0.667 bits per heavy atom. The number of unbranched alkanes of at least 4 members (excludes halogenated alkanes) is 6. The first kappa shape index (κ1) is 18.8. The predicted molar refractivity (Wildman–Crippen MR) is 89.6 cm³/mol. The third kappa shape index (κ3) is 10.7. The summed E-state index contributed by atoms with van der Waals surface area (Å²) in [7, 11) is -1.48. The average molecular weight is 311 g/mol. The molecule has 0 aliphatic rings. The molecular weight excluding hydrogens is 279 g/mol. The van der Waals surface area contributed by atoms with Gasteiger partial charge >= 0.3 is 0 Å². The van der Waals surface area contributed by atoms with Crippen LogP contribution < -0.4 is 0 Å². The Hall–Kier alpha value is 0.797. The van der Waals surface area contributed by atoms with E-state index in [2.05, 4.69) is 13.8 Å². The fourth-order valence-corrected chi connectivity index (χ4v) is 7.38. The minimum absolute atomic E-state index is 0.783. The van der Waals surface area contributed by atoms with Gasteiger partial charge in [0.1, 0.15) is 0 Å². The van der Waals surface area contributed by atoms with E-state index in [0.29, 0.717) is 0 Å². The van der Waals surface area contributed by atoms with Gasteiger partial charge in [-0.15, -0.1) is 11.6 Å². The second-order valence-electron chi connectivity index (χ2n) is 5.56. The Morgan fingerprint density at radius 3 is 1.50 bits per heavy atom. The van der Waals surface area contributed by atoms with E-state index in [4.69, 9.17) is 22.7 Å². The number of rotatable bonds is 13. The van der Waals surface area contributed by atoms with Crippen LogP contribution in [0.5, 0.6) is 0 Å². The number of hydrogen-bond donors (Lipinski definition) is 0. The summed E-state index contributed by atoms with van der Waals surface area (Å²) in [5.41, 5.74) is 0. The molecule has 3 heteroatoms. The molecule has 18 heavy (non-hydrogen) atoms. The molecule has 0 atom stereocenters. The van der Waals surface area contributed by atoms with E-state index in [-0.39, 0.29) is 0 Å². The van der Waals surface area contributed by atoms with E-state index in [0.717, 1.165) is 12.3 Å². The normalized spacial score (nSPS) is 12.0. The van der Waals surface area contributed by atoms with Crippen molar-refractivity contribution in [3.63, 3.8) is 0 Å². The van der Waals surface area contributed by atoms with Crippen LogP contribution in [0, 0.1) is 0 Å². The van der Waals surface area contributed by atoms with Crippen LogP contribution in [-0.4, -0.2) is 13.3 Å². The van der Waals surface area contributed by atoms with Crippen molar-refractivity contribution in [2.24, 2.45) is 0 Å². The van der Waals surface area contributed by atoms with Gasteiger partial charge in [-0.3, -0.25) is 0 Å². The zero-order chi connectivity index (χ0) is 13.7. The molecule has 110 valence electrons. The van der Waals surface area contributed by atoms with Crippen LogP contribution in [0.3, 0.4) is 0 Å². The second kappa shape index (κ2) is 12.8.